The first-order valence-corrected chi connectivity index (χ1v) is 7.27. The van der Waals surface area contributed by atoms with E-state index in [1.54, 1.807) is 6.07 Å². The molecule has 0 aromatic heterocycles. The maximum absolute atomic E-state index is 12.9. The normalized spacial score (nSPS) is 13.0. The molecule has 0 saturated heterocycles. The van der Waals surface area contributed by atoms with Crippen LogP contribution in [-0.4, -0.2) is 0 Å². The lowest BCUT2D eigenvalue weighted by Crippen LogP contribution is -2.10. The summed E-state index contributed by atoms with van der Waals surface area (Å²) in [6, 6.07) is 11.9. The topological polar surface area (TPSA) is 12.0 Å². The molecule has 0 amide bonds. The molecule has 112 valence electrons. The van der Waals surface area contributed by atoms with Gasteiger partial charge in [-0.3, -0.25) is 0 Å². The van der Waals surface area contributed by atoms with Crippen LogP contribution in [0, 0.1) is 6.92 Å². The highest BCUT2D eigenvalue weighted by Crippen LogP contribution is 2.37. The number of hydrogen-bond donors (Lipinski definition) is 1. The second kappa shape index (κ2) is 6.10. The minimum atomic E-state index is -4.37. The Hall–Kier alpha value is -1.49. The standard InChI is InChI=1S/C16H15BrF3N/c1-10-5-3-4-6-13(10)11(2)21-12-7-8-15(17)14(9-12)16(18,19)20/h3-9,11,21H,1-2H3. The first-order chi connectivity index (χ1) is 9.79. The molecular weight excluding hydrogens is 343 g/mol. The van der Waals surface area contributed by atoms with Crippen LogP contribution in [0.25, 0.3) is 0 Å². The highest BCUT2D eigenvalue weighted by molar-refractivity contribution is 9.10. The zero-order valence-electron chi connectivity index (χ0n) is 11.6. The van der Waals surface area contributed by atoms with E-state index in [0.717, 1.165) is 17.2 Å². The van der Waals surface area contributed by atoms with E-state index in [0.29, 0.717) is 5.69 Å². The molecular formula is C16H15BrF3N. The number of aryl methyl sites for hydroxylation is 1. The van der Waals surface area contributed by atoms with E-state index >= 15 is 0 Å². The van der Waals surface area contributed by atoms with Gasteiger partial charge in [-0.2, -0.15) is 13.2 Å². The number of alkyl halides is 3. The second-order valence-electron chi connectivity index (χ2n) is 4.91. The number of nitrogens with one attached hydrogen (secondary N) is 1. The van der Waals surface area contributed by atoms with E-state index in [4.69, 9.17) is 0 Å². The van der Waals surface area contributed by atoms with Gasteiger partial charge in [0, 0.05) is 16.2 Å². The summed E-state index contributed by atoms with van der Waals surface area (Å²) in [5.41, 5.74) is 1.94. The number of anilines is 1. The van der Waals surface area contributed by atoms with Crippen molar-refractivity contribution in [1.29, 1.82) is 0 Å². The van der Waals surface area contributed by atoms with Crippen molar-refractivity contribution in [1.82, 2.24) is 0 Å². The van der Waals surface area contributed by atoms with E-state index in [1.165, 1.54) is 6.07 Å². The molecule has 2 aromatic rings. The quantitative estimate of drug-likeness (QED) is 0.715. The fraction of sp³-hybridized carbons (Fsp3) is 0.250. The summed E-state index contributed by atoms with van der Waals surface area (Å²) in [5.74, 6) is 0. The van der Waals surface area contributed by atoms with Gasteiger partial charge in [-0.15, -0.1) is 0 Å². The van der Waals surface area contributed by atoms with E-state index in [9.17, 15) is 13.2 Å². The molecule has 0 aliphatic heterocycles. The molecule has 2 aromatic carbocycles. The molecule has 0 saturated carbocycles. The van der Waals surface area contributed by atoms with Gasteiger partial charge < -0.3 is 5.32 Å². The van der Waals surface area contributed by atoms with Gasteiger partial charge in [0.15, 0.2) is 0 Å². The Labute approximate surface area is 130 Å². The second-order valence-corrected chi connectivity index (χ2v) is 5.77. The Balaban J connectivity index is 2.26. The van der Waals surface area contributed by atoms with Crippen LogP contribution < -0.4 is 5.32 Å². The number of rotatable bonds is 3. The smallest absolute Gasteiger partial charge is 0.378 e. The largest absolute Gasteiger partial charge is 0.417 e. The summed E-state index contributed by atoms with van der Waals surface area (Å²) >= 11 is 2.94. The van der Waals surface area contributed by atoms with E-state index < -0.39 is 11.7 Å². The van der Waals surface area contributed by atoms with Gasteiger partial charge in [0.05, 0.1) is 5.56 Å². The van der Waals surface area contributed by atoms with Crippen molar-refractivity contribution in [2.45, 2.75) is 26.1 Å². The molecule has 1 nitrogen and oxygen atoms in total. The third kappa shape index (κ3) is 3.79. The summed E-state index contributed by atoms with van der Waals surface area (Å²) in [5, 5.41) is 3.12. The van der Waals surface area contributed by atoms with Gasteiger partial charge in [0.2, 0.25) is 0 Å². The number of hydrogen-bond acceptors (Lipinski definition) is 1. The summed E-state index contributed by atoms with van der Waals surface area (Å²) in [6.07, 6.45) is -4.37. The van der Waals surface area contributed by atoms with Crippen molar-refractivity contribution in [2.75, 3.05) is 5.32 Å². The molecule has 0 heterocycles. The molecule has 1 unspecified atom stereocenters. The molecule has 21 heavy (non-hydrogen) atoms. The predicted molar refractivity (Wildman–Crippen MR) is 82.4 cm³/mol. The van der Waals surface area contributed by atoms with Crippen molar-refractivity contribution in [3.05, 3.63) is 63.6 Å². The predicted octanol–water partition coefficient (Wildman–Crippen LogP) is 5.95. The molecule has 0 aliphatic carbocycles. The summed E-state index contributed by atoms with van der Waals surface area (Å²) in [6.45, 7) is 3.91. The highest BCUT2D eigenvalue weighted by Gasteiger charge is 2.33. The van der Waals surface area contributed by atoms with Crippen LogP contribution in [-0.2, 0) is 6.18 Å². The molecule has 0 bridgehead atoms. The third-order valence-electron chi connectivity index (χ3n) is 3.31. The molecule has 5 heteroatoms. The van der Waals surface area contributed by atoms with Crippen molar-refractivity contribution >= 4 is 21.6 Å². The SMILES string of the molecule is Cc1ccccc1C(C)Nc1ccc(Br)c(C(F)(F)F)c1. The van der Waals surface area contributed by atoms with Crippen molar-refractivity contribution in [3.8, 4) is 0 Å². The van der Waals surface area contributed by atoms with Gasteiger partial charge in [-0.25, -0.2) is 0 Å². The Kier molecular flexibility index (Phi) is 4.61. The van der Waals surface area contributed by atoms with Crippen LogP contribution >= 0.6 is 15.9 Å². The lowest BCUT2D eigenvalue weighted by molar-refractivity contribution is -0.138. The van der Waals surface area contributed by atoms with Crippen molar-refractivity contribution < 1.29 is 13.2 Å². The Bertz CT molecular complexity index is 638. The summed E-state index contributed by atoms with van der Waals surface area (Å²) in [4.78, 5) is 0. The van der Waals surface area contributed by atoms with Gasteiger partial charge in [0.25, 0.3) is 0 Å². The van der Waals surface area contributed by atoms with Crippen LogP contribution in [0.2, 0.25) is 0 Å². The molecule has 2 rings (SSSR count). The number of benzene rings is 2. The average molecular weight is 358 g/mol. The highest BCUT2D eigenvalue weighted by atomic mass is 79.9. The summed E-state index contributed by atoms with van der Waals surface area (Å²) < 4.78 is 38.7. The lowest BCUT2D eigenvalue weighted by Gasteiger charge is -2.19. The van der Waals surface area contributed by atoms with Gasteiger partial charge in [0.1, 0.15) is 0 Å². The van der Waals surface area contributed by atoms with Gasteiger partial charge in [-0.05, 0) is 43.2 Å². The first-order valence-electron chi connectivity index (χ1n) is 6.48. The maximum Gasteiger partial charge on any atom is 0.417 e. The van der Waals surface area contributed by atoms with Gasteiger partial charge >= 0.3 is 6.18 Å². The van der Waals surface area contributed by atoms with Crippen LogP contribution in [0.5, 0.6) is 0 Å². The zero-order chi connectivity index (χ0) is 15.6. The molecule has 0 aliphatic rings. The van der Waals surface area contributed by atoms with Crippen molar-refractivity contribution in [3.63, 3.8) is 0 Å². The monoisotopic (exact) mass is 357 g/mol. The molecule has 0 fully saturated rings. The maximum atomic E-state index is 12.9. The lowest BCUT2D eigenvalue weighted by atomic mass is 10.0. The Morgan fingerprint density at radius 1 is 1.10 bits per heavy atom. The minimum Gasteiger partial charge on any atom is -0.378 e. The Morgan fingerprint density at radius 3 is 2.38 bits per heavy atom. The molecule has 0 radical (unpaired) electrons. The molecule has 1 N–H and O–H groups in total. The van der Waals surface area contributed by atoms with Crippen LogP contribution in [0.4, 0.5) is 18.9 Å². The minimum absolute atomic E-state index is 0.0455. The van der Waals surface area contributed by atoms with Crippen LogP contribution in [0.1, 0.15) is 29.7 Å². The number of halogens is 4. The van der Waals surface area contributed by atoms with Crippen molar-refractivity contribution in [2.24, 2.45) is 0 Å². The van der Waals surface area contributed by atoms with E-state index in [2.05, 4.69) is 21.2 Å². The van der Waals surface area contributed by atoms with Crippen LogP contribution in [0.15, 0.2) is 46.9 Å². The fourth-order valence-corrected chi connectivity index (χ4v) is 2.70. The van der Waals surface area contributed by atoms with E-state index in [1.807, 2.05) is 38.1 Å². The molecule has 1 atom stereocenters. The average Bonchev–Trinajstić information content (AvgIpc) is 2.40. The first kappa shape index (κ1) is 15.9. The third-order valence-corrected chi connectivity index (χ3v) is 4.00. The van der Waals surface area contributed by atoms with E-state index in [-0.39, 0.29) is 10.5 Å². The fourth-order valence-electron chi connectivity index (χ4n) is 2.23. The van der Waals surface area contributed by atoms with Crippen LogP contribution in [0.3, 0.4) is 0 Å². The van der Waals surface area contributed by atoms with Gasteiger partial charge in [-0.1, -0.05) is 40.2 Å². The molecule has 0 spiro atoms. The summed E-state index contributed by atoms with van der Waals surface area (Å²) in [7, 11) is 0. The zero-order valence-corrected chi connectivity index (χ0v) is 13.2. The Morgan fingerprint density at radius 2 is 1.76 bits per heavy atom.